The zero-order chi connectivity index (χ0) is 13.8. The molecule has 1 aromatic carbocycles. The number of hydrogen-bond donors (Lipinski definition) is 2. The Hall–Kier alpha value is -1.22. The molecule has 19 heavy (non-hydrogen) atoms. The van der Waals surface area contributed by atoms with E-state index in [1.165, 1.54) is 32.1 Å². The van der Waals surface area contributed by atoms with Gasteiger partial charge in [-0.3, -0.25) is 4.79 Å². The summed E-state index contributed by atoms with van der Waals surface area (Å²) in [6, 6.07) is 5.18. The molecule has 1 aliphatic carbocycles. The zero-order valence-corrected chi connectivity index (χ0v) is 12.0. The van der Waals surface area contributed by atoms with E-state index in [-0.39, 0.29) is 11.9 Å². The van der Waals surface area contributed by atoms with E-state index >= 15 is 0 Å². The van der Waals surface area contributed by atoms with Crippen LogP contribution in [-0.2, 0) is 0 Å². The molecule has 0 saturated heterocycles. The molecule has 104 valence electrons. The number of benzene rings is 1. The second-order valence-electron chi connectivity index (χ2n) is 5.39. The zero-order valence-electron chi connectivity index (χ0n) is 11.3. The van der Waals surface area contributed by atoms with E-state index in [2.05, 4.69) is 12.2 Å². The molecule has 1 amide bonds. The monoisotopic (exact) mass is 280 g/mol. The van der Waals surface area contributed by atoms with E-state index in [0.29, 0.717) is 22.2 Å². The van der Waals surface area contributed by atoms with Crippen LogP contribution in [0.3, 0.4) is 0 Å². The summed E-state index contributed by atoms with van der Waals surface area (Å²) in [5.74, 6) is 0.485. The van der Waals surface area contributed by atoms with E-state index in [0.717, 1.165) is 0 Å². The number of rotatable bonds is 3. The smallest absolute Gasteiger partial charge is 0.253 e. The number of amides is 1. The Morgan fingerprint density at radius 2 is 2.05 bits per heavy atom. The van der Waals surface area contributed by atoms with Gasteiger partial charge in [-0.1, -0.05) is 30.9 Å². The molecule has 1 aromatic rings. The lowest BCUT2D eigenvalue weighted by Crippen LogP contribution is -2.39. The molecule has 3 N–H and O–H groups in total. The highest BCUT2D eigenvalue weighted by Gasteiger charge is 2.22. The maximum atomic E-state index is 12.2. The third kappa shape index (κ3) is 3.63. The van der Waals surface area contributed by atoms with Crippen molar-refractivity contribution in [2.75, 3.05) is 5.73 Å². The van der Waals surface area contributed by atoms with Crippen LogP contribution in [-0.4, -0.2) is 11.9 Å². The minimum Gasteiger partial charge on any atom is -0.398 e. The number of halogens is 1. The lowest BCUT2D eigenvalue weighted by molar-refractivity contribution is 0.0920. The molecular formula is C15H21ClN2O. The van der Waals surface area contributed by atoms with E-state index in [1.807, 2.05) is 0 Å². The molecular weight excluding hydrogens is 260 g/mol. The van der Waals surface area contributed by atoms with Crippen molar-refractivity contribution >= 4 is 23.2 Å². The van der Waals surface area contributed by atoms with Crippen LogP contribution >= 0.6 is 11.6 Å². The van der Waals surface area contributed by atoms with Gasteiger partial charge >= 0.3 is 0 Å². The van der Waals surface area contributed by atoms with Crippen LogP contribution in [0.1, 0.15) is 49.4 Å². The van der Waals surface area contributed by atoms with Gasteiger partial charge in [0.05, 0.1) is 5.56 Å². The molecule has 0 radical (unpaired) electrons. The van der Waals surface area contributed by atoms with Crippen LogP contribution in [0, 0.1) is 5.92 Å². The maximum Gasteiger partial charge on any atom is 0.253 e. The third-order valence-electron chi connectivity index (χ3n) is 3.97. The molecule has 0 aromatic heterocycles. The Labute approximate surface area is 119 Å². The second kappa shape index (κ2) is 6.29. The molecule has 1 saturated carbocycles. The van der Waals surface area contributed by atoms with Crippen LogP contribution in [0.4, 0.5) is 5.69 Å². The van der Waals surface area contributed by atoms with Crippen LogP contribution in [0.2, 0.25) is 5.02 Å². The molecule has 0 bridgehead atoms. The van der Waals surface area contributed by atoms with Crippen molar-refractivity contribution in [1.82, 2.24) is 5.32 Å². The van der Waals surface area contributed by atoms with Crippen molar-refractivity contribution in [2.45, 2.75) is 45.1 Å². The first kappa shape index (κ1) is 14.2. The summed E-state index contributed by atoms with van der Waals surface area (Å²) in [6.07, 6.45) is 6.28. The number of hydrogen-bond acceptors (Lipinski definition) is 2. The summed E-state index contributed by atoms with van der Waals surface area (Å²) in [6.45, 7) is 2.08. The average Bonchev–Trinajstić information content (AvgIpc) is 2.39. The largest absolute Gasteiger partial charge is 0.398 e. The summed E-state index contributed by atoms with van der Waals surface area (Å²) < 4.78 is 0. The number of nitrogens with two attached hydrogens (primary N) is 1. The summed E-state index contributed by atoms with van der Waals surface area (Å²) in [7, 11) is 0. The minimum absolute atomic E-state index is 0.104. The topological polar surface area (TPSA) is 55.1 Å². The van der Waals surface area contributed by atoms with Gasteiger partial charge < -0.3 is 11.1 Å². The number of nitrogens with one attached hydrogen (secondary N) is 1. The van der Waals surface area contributed by atoms with Crippen molar-refractivity contribution in [2.24, 2.45) is 5.92 Å². The molecule has 0 heterocycles. The quantitative estimate of drug-likeness (QED) is 0.831. The van der Waals surface area contributed by atoms with Gasteiger partial charge in [-0.2, -0.15) is 0 Å². The maximum absolute atomic E-state index is 12.2. The van der Waals surface area contributed by atoms with Crippen molar-refractivity contribution in [1.29, 1.82) is 0 Å². The van der Waals surface area contributed by atoms with Crippen LogP contribution in [0.5, 0.6) is 0 Å². The molecule has 0 unspecified atom stereocenters. The van der Waals surface area contributed by atoms with Crippen LogP contribution in [0.15, 0.2) is 18.2 Å². The van der Waals surface area contributed by atoms with Crippen LogP contribution < -0.4 is 11.1 Å². The highest BCUT2D eigenvalue weighted by atomic mass is 35.5. The molecule has 1 atom stereocenters. The Bertz CT molecular complexity index is 455. The van der Waals surface area contributed by atoms with Gasteiger partial charge in [0.25, 0.3) is 5.91 Å². The van der Waals surface area contributed by atoms with E-state index in [4.69, 9.17) is 17.3 Å². The summed E-state index contributed by atoms with van der Waals surface area (Å²) in [5, 5.41) is 3.61. The molecule has 0 aliphatic heterocycles. The fourth-order valence-electron chi connectivity index (χ4n) is 2.78. The highest BCUT2D eigenvalue weighted by molar-refractivity contribution is 6.31. The Balaban J connectivity index is 1.99. The van der Waals surface area contributed by atoms with Crippen molar-refractivity contribution in [3.8, 4) is 0 Å². The SMILES string of the molecule is C[C@H](NC(=O)c1ccc(Cl)cc1N)C1CCCCC1. The molecule has 1 aliphatic rings. The van der Waals surface area contributed by atoms with Gasteiger partial charge in [0.1, 0.15) is 0 Å². The molecule has 4 heteroatoms. The lowest BCUT2D eigenvalue weighted by atomic mass is 9.84. The fraction of sp³-hybridized carbons (Fsp3) is 0.533. The molecule has 1 fully saturated rings. The van der Waals surface area contributed by atoms with E-state index < -0.39 is 0 Å². The Morgan fingerprint density at radius 3 is 2.68 bits per heavy atom. The third-order valence-corrected chi connectivity index (χ3v) is 4.21. The number of nitrogen functional groups attached to an aromatic ring is 1. The molecule has 3 nitrogen and oxygen atoms in total. The first-order valence-corrected chi connectivity index (χ1v) is 7.31. The van der Waals surface area contributed by atoms with E-state index in [9.17, 15) is 4.79 Å². The summed E-state index contributed by atoms with van der Waals surface area (Å²) >= 11 is 5.84. The lowest BCUT2D eigenvalue weighted by Gasteiger charge is -2.28. The molecule has 0 spiro atoms. The number of carbonyl (C=O) groups excluding carboxylic acids is 1. The number of carbonyl (C=O) groups is 1. The Kier molecular flexibility index (Phi) is 4.70. The predicted octanol–water partition coefficient (Wildman–Crippen LogP) is 3.62. The predicted molar refractivity (Wildman–Crippen MR) is 79.4 cm³/mol. The van der Waals surface area contributed by atoms with Gasteiger partial charge in [-0.05, 0) is 43.9 Å². The van der Waals surface area contributed by atoms with Gasteiger partial charge in [0, 0.05) is 16.8 Å². The summed E-state index contributed by atoms with van der Waals surface area (Å²) in [5.41, 5.74) is 6.77. The number of anilines is 1. The standard InChI is InChI=1S/C15H21ClN2O/c1-10(11-5-3-2-4-6-11)18-15(19)13-8-7-12(16)9-14(13)17/h7-11H,2-6,17H2,1H3,(H,18,19)/t10-/m0/s1. The summed E-state index contributed by atoms with van der Waals surface area (Å²) in [4.78, 5) is 12.2. The molecule has 2 rings (SSSR count). The first-order valence-electron chi connectivity index (χ1n) is 6.94. The van der Waals surface area contributed by atoms with Gasteiger partial charge in [-0.15, -0.1) is 0 Å². The average molecular weight is 281 g/mol. The van der Waals surface area contributed by atoms with Crippen LogP contribution in [0.25, 0.3) is 0 Å². The van der Waals surface area contributed by atoms with Crippen molar-refractivity contribution < 1.29 is 4.79 Å². The van der Waals surface area contributed by atoms with Gasteiger partial charge in [0.2, 0.25) is 0 Å². The second-order valence-corrected chi connectivity index (χ2v) is 5.83. The van der Waals surface area contributed by atoms with Gasteiger partial charge in [-0.25, -0.2) is 0 Å². The fourth-order valence-corrected chi connectivity index (χ4v) is 2.96. The van der Waals surface area contributed by atoms with Gasteiger partial charge in [0.15, 0.2) is 0 Å². The normalized spacial score (nSPS) is 18.0. The minimum atomic E-state index is -0.104. The van der Waals surface area contributed by atoms with Crippen molar-refractivity contribution in [3.63, 3.8) is 0 Å². The van der Waals surface area contributed by atoms with E-state index in [1.54, 1.807) is 18.2 Å². The Morgan fingerprint density at radius 1 is 1.37 bits per heavy atom. The first-order chi connectivity index (χ1) is 9.08. The van der Waals surface area contributed by atoms with Crippen molar-refractivity contribution in [3.05, 3.63) is 28.8 Å². The highest BCUT2D eigenvalue weighted by Crippen LogP contribution is 2.26.